The van der Waals surface area contributed by atoms with E-state index in [9.17, 15) is 13.2 Å². The van der Waals surface area contributed by atoms with Crippen LogP contribution in [-0.2, 0) is 10.9 Å². The molecule has 0 amide bonds. The summed E-state index contributed by atoms with van der Waals surface area (Å²) in [6, 6.07) is 4.74. The highest BCUT2D eigenvalue weighted by Gasteiger charge is 2.32. The lowest BCUT2D eigenvalue weighted by atomic mass is 10.0. The lowest BCUT2D eigenvalue weighted by molar-refractivity contribution is -0.137. The number of nitrogens with two attached hydrogens (primary N) is 1. The predicted octanol–water partition coefficient (Wildman–Crippen LogP) is 4.65. The smallest absolute Gasteiger partial charge is 0.416 e. The van der Waals surface area contributed by atoms with Gasteiger partial charge in [0.25, 0.3) is 0 Å². The number of aryl methyl sites for hydroxylation is 1. The number of alkyl halides is 3. The zero-order chi connectivity index (χ0) is 24.7. The fourth-order valence-corrected chi connectivity index (χ4v) is 4.23. The van der Waals surface area contributed by atoms with E-state index in [0.29, 0.717) is 71.8 Å². The van der Waals surface area contributed by atoms with Gasteiger partial charge < -0.3 is 30.0 Å². The maximum absolute atomic E-state index is 13.3. The van der Waals surface area contributed by atoms with Gasteiger partial charge in [0.1, 0.15) is 36.5 Å². The van der Waals surface area contributed by atoms with Crippen molar-refractivity contribution in [1.29, 1.82) is 0 Å². The molecule has 0 saturated carbocycles. The van der Waals surface area contributed by atoms with Crippen molar-refractivity contribution in [3.63, 3.8) is 0 Å². The van der Waals surface area contributed by atoms with E-state index >= 15 is 0 Å². The molecule has 0 spiro atoms. The minimum Gasteiger partial charge on any atom is -0.484 e. The number of hydrogen-bond acceptors (Lipinski definition) is 8. The summed E-state index contributed by atoms with van der Waals surface area (Å²) in [4.78, 5) is 9.09. The average molecular weight is 490 g/mol. The van der Waals surface area contributed by atoms with E-state index in [1.165, 1.54) is 6.07 Å². The molecule has 0 unspecified atom stereocenters. The maximum Gasteiger partial charge on any atom is 0.416 e. The summed E-state index contributed by atoms with van der Waals surface area (Å²) in [5, 5.41) is 3.82. The van der Waals surface area contributed by atoms with E-state index in [1.807, 2.05) is 0 Å². The molecular formula is C24H25F3N4O4. The highest BCUT2D eigenvalue weighted by Crippen LogP contribution is 2.47. The maximum atomic E-state index is 13.3. The number of anilines is 2. The van der Waals surface area contributed by atoms with Crippen LogP contribution in [0.2, 0.25) is 0 Å². The number of nitrogen functional groups attached to an aromatic ring is 1. The molecule has 0 radical (unpaired) electrons. The molecule has 1 saturated heterocycles. The highest BCUT2D eigenvalue weighted by molar-refractivity contribution is 5.97. The molecular weight excluding hydrogens is 465 g/mol. The van der Waals surface area contributed by atoms with Crippen LogP contribution in [0.25, 0.3) is 10.9 Å². The summed E-state index contributed by atoms with van der Waals surface area (Å²) in [7, 11) is 0. The Bertz CT molecular complexity index is 1260. The Balaban J connectivity index is 1.57. The molecule has 2 aliphatic heterocycles. The van der Waals surface area contributed by atoms with Crippen molar-refractivity contribution >= 4 is 22.4 Å². The van der Waals surface area contributed by atoms with Crippen LogP contribution in [0.5, 0.6) is 17.2 Å². The molecule has 0 bridgehead atoms. The van der Waals surface area contributed by atoms with E-state index in [-0.39, 0.29) is 11.8 Å². The molecule has 8 nitrogen and oxygen atoms in total. The number of rotatable bonds is 5. The van der Waals surface area contributed by atoms with Gasteiger partial charge in [0, 0.05) is 12.1 Å². The topological polar surface area (TPSA) is 101 Å². The Kier molecular flexibility index (Phi) is 5.96. The van der Waals surface area contributed by atoms with Gasteiger partial charge in [-0.25, -0.2) is 9.97 Å². The summed E-state index contributed by atoms with van der Waals surface area (Å²) >= 11 is 0. The lowest BCUT2D eigenvalue weighted by Gasteiger charge is -2.25. The number of nitrogens with one attached hydrogen (secondary N) is 1. The van der Waals surface area contributed by atoms with Gasteiger partial charge in [-0.1, -0.05) is 0 Å². The SMILES string of the molecule is Cc1nc(N[C@H](C)c2cc(N)cc(C(F)(F)F)c2)c2cc(O[C@H]3CCOC3)c3c(c2n1)OCCO3. The predicted molar refractivity (Wildman–Crippen MR) is 123 cm³/mol. The van der Waals surface area contributed by atoms with E-state index in [2.05, 4.69) is 15.3 Å². The second kappa shape index (κ2) is 8.95. The molecule has 186 valence electrons. The van der Waals surface area contributed by atoms with Crippen molar-refractivity contribution in [1.82, 2.24) is 9.97 Å². The van der Waals surface area contributed by atoms with Crippen LogP contribution in [0, 0.1) is 6.92 Å². The molecule has 35 heavy (non-hydrogen) atoms. The van der Waals surface area contributed by atoms with Crippen LogP contribution in [0.15, 0.2) is 24.3 Å². The molecule has 1 fully saturated rings. The van der Waals surface area contributed by atoms with Crippen LogP contribution >= 0.6 is 0 Å². The minimum absolute atomic E-state index is 0.0290. The van der Waals surface area contributed by atoms with Gasteiger partial charge in [-0.2, -0.15) is 13.2 Å². The molecule has 2 atom stereocenters. The third-order valence-corrected chi connectivity index (χ3v) is 5.89. The first kappa shape index (κ1) is 23.3. The summed E-state index contributed by atoms with van der Waals surface area (Å²) in [5.74, 6) is 2.30. The molecule has 1 aromatic heterocycles. The van der Waals surface area contributed by atoms with Gasteiger partial charge in [-0.3, -0.25) is 0 Å². The van der Waals surface area contributed by atoms with Crippen molar-refractivity contribution in [3.05, 3.63) is 41.2 Å². The summed E-state index contributed by atoms with van der Waals surface area (Å²) in [6.45, 7) is 5.28. The van der Waals surface area contributed by atoms with Crippen LogP contribution in [0.3, 0.4) is 0 Å². The molecule has 3 heterocycles. The normalized spacial score (nSPS) is 18.5. The summed E-state index contributed by atoms with van der Waals surface area (Å²) in [6.07, 6.45) is -3.89. The van der Waals surface area contributed by atoms with Gasteiger partial charge >= 0.3 is 6.18 Å². The van der Waals surface area contributed by atoms with Crippen molar-refractivity contribution < 1.29 is 32.1 Å². The molecule has 3 aromatic rings. The Morgan fingerprint density at radius 2 is 1.86 bits per heavy atom. The van der Waals surface area contributed by atoms with Crippen molar-refractivity contribution in [3.8, 4) is 17.2 Å². The van der Waals surface area contributed by atoms with E-state index in [0.717, 1.165) is 18.6 Å². The average Bonchev–Trinajstić information content (AvgIpc) is 3.32. The van der Waals surface area contributed by atoms with E-state index < -0.39 is 17.8 Å². The Labute approximate surface area is 199 Å². The second-order valence-electron chi connectivity index (χ2n) is 8.60. The first-order valence-electron chi connectivity index (χ1n) is 11.3. The van der Waals surface area contributed by atoms with E-state index in [4.69, 9.17) is 24.7 Å². The van der Waals surface area contributed by atoms with Gasteiger partial charge in [-0.15, -0.1) is 0 Å². The van der Waals surface area contributed by atoms with Crippen LogP contribution in [0.4, 0.5) is 24.7 Å². The lowest BCUT2D eigenvalue weighted by Crippen LogP contribution is -2.20. The second-order valence-corrected chi connectivity index (χ2v) is 8.60. The third-order valence-electron chi connectivity index (χ3n) is 5.89. The van der Waals surface area contributed by atoms with Crippen LogP contribution < -0.4 is 25.3 Å². The minimum atomic E-state index is -4.51. The Morgan fingerprint density at radius 3 is 2.57 bits per heavy atom. The zero-order valence-corrected chi connectivity index (χ0v) is 19.2. The molecule has 2 aromatic carbocycles. The van der Waals surface area contributed by atoms with Gasteiger partial charge in [-0.05, 0) is 43.7 Å². The monoisotopic (exact) mass is 490 g/mol. The van der Waals surface area contributed by atoms with Crippen molar-refractivity contribution in [2.45, 2.75) is 38.6 Å². The number of ether oxygens (including phenoxy) is 4. The molecule has 2 aliphatic rings. The highest BCUT2D eigenvalue weighted by atomic mass is 19.4. The van der Waals surface area contributed by atoms with Gasteiger partial charge in [0.2, 0.25) is 5.75 Å². The van der Waals surface area contributed by atoms with Crippen molar-refractivity contribution in [2.24, 2.45) is 0 Å². The number of hydrogen-bond donors (Lipinski definition) is 2. The first-order chi connectivity index (χ1) is 16.7. The molecule has 3 N–H and O–H groups in total. The fourth-order valence-electron chi connectivity index (χ4n) is 4.23. The zero-order valence-electron chi connectivity index (χ0n) is 19.2. The van der Waals surface area contributed by atoms with Crippen molar-refractivity contribution in [2.75, 3.05) is 37.5 Å². The van der Waals surface area contributed by atoms with Gasteiger partial charge in [0.05, 0.1) is 30.2 Å². The summed E-state index contributed by atoms with van der Waals surface area (Å²) in [5.41, 5.74) is 5.89. The Hall–Kier alpha value is -3.47. The van der Waals surface area contributed by atoms with Crippen LogP contribution in [-0.4, -0.2) is 42.5 Å². The molecule has 0 aliphatic carbocycles. The number of benzene rings is 2. The summed E-state index contributed by atoms with van der Waals surface area (Å²) < 4.78 is 63.4. The number of nitrogens with zero attached hydrogens (tertiary/aromatic N) is 2. The largest absolute Gasteiger partial charge is 0.484 e. The number of fused-ring (bicyclic) bond motifs is 3. The first-order valence-corrected chi connectivity index (χ1v) is 11.3. The van der Waals surface area contributed by atoms with Gasteiger partial charge in [0.15, 0.2) is 11.5 Å². The third kappa shape index (κ3) is 4.72. The Morgan fingerprint density at radius 1 is 1.09 bits per heavy atom. The number of aromatic nitrogens is 2. The fraction of sp³-hybridized carbons (Fsp3) is 0.417. The molecule has 11 heteroatoms. The van der Waals surface area contributed by atoms with Crippen LogP contribution in [0.1, 0.15) is 36.3 Å². The standard InChI is InChI=1S/C24H25F3N4O4/c1-12(14-7-15(24(25,26)27)9-16(28)8-14)29-23-18-10-19(35-17-3-4-32-11-17)21-22(34-6-5-33-21)20(18)30-13(2)31-23/h7-10,12,17H,3-6,11,28H2,1-2H3,(H,29,30,31)/t12-,17+/m1/s1. The number of halogens is 3. The van der Waals surface area contributed by atoms with E-state index in [1.54, 1.807) is 19.9 Å². The quantitative estimate of drug-likeness (QED) is 0.499. The molecule has 5 rings (SSSR count).